The van der Waals surface area contributed by atoms with Crippen LogP contribution in [-0.4, -0.2) is 5.11 Å². The first kappa shape index (κ1) is 55.6. The Morgan fingerprint density at radius 2 is 0.822 bits per heavy atom. The summed E-state index contributed by atoms with van der Waals surface area (Å²) in [6.07, 6.45) is 0. The topological polar surface area (TPSA) is 35.9 Å². The van der Waals surface area contributed by atoms with Crippen molar-refractivity contribution in [1.29, 1.82) is 0 Å². The number of ether oxygens (including phenoxy) is 1. The summed E-state index contributed by atoms with van der Waals surface area (Å²) in [5, 5.41) is 17.7. The fourth-order valence-electron chi connectivity index (χ4n) is 15.8. The highest BCUT2D eigenvalue weighted by molar-refractivity contribution is 6.06. The van der Waals surface area contributed by atoms with Gasteiger partial charge in [-0.1, -0.05) is 245 Å². The second kappa shape index (κ2) is 19.9. The zero-order valence-corrected chi connectivity index (χ0v) is 53.1. The van der Waals surface area contributed by atoms with Crippen LogP contribution < -0.4 is 14.5 Å². The Hall–Kier alpha value is -9.74. The van der Waals surface area contributed by atoms with Crippen LogP contribution in [0.2, 0.25) is 0 Å². The summed E-state index contributed by atoms with van der Waals surface area (Å²) in [6.45, 7) is 23.1. The summed E-state index contributed by atoms with van der Waals surface area (Å²) < 4.78 is 6.69. The highest BCUT2D eigenvalue weighted by atomic mass is 16.5. The zero-order valence-electron chi connectivity index (χ0n) is 53.1. The summed E-state index contributed by atoms with van der Waals surface area (Å²) in [7, 11) is 0. The third-order valence-corrected chi connectivity index (χ3v) is 20.5. The van der Waals surface area contributed by atoms with Crippen LogP contribution >= 0.6 is 0 Å². The molecule has 1 N–H and O–H groups in total. The number of rotatable bonds is 8. The molecule has 1 heterocycles. The van der Waals surface area contributed by atoms with E-state index in [1.54, 1.807) is 0 Å². The molecule has 4 heteroatoms. The van der Waals surface area contributed by atoms with Gasteiger partial charge < -0.3 is 19.6 Å². The van der Waals surface area contributed by atoms with Gasteiger partial charge in [-0.15, -0.1) is 0 Å². The number of hydrogen-bond donors (Lipinski definition) is 1. The predicted molar refractivity (Wildman–Crippen MR) is 374 cm³/mol. The molecule has 0 saturated carbocycles. The van der Waals surface area contributed by atoms with Crippen molar-refractivity contribution in [2.45, 2.75) is 102 Å². The predicted octanol–water partition coefficient (Wildman–Crippen LogP) is 22.5. The molecule has 12 aromatic carbocycles. The van der Waals surface area contributed by atoms with Crippen LogP contribution in [0, 0.1) is 0 Å². The minimum absolute atomic E-state index is 0.0402. The Balaban J connectivity index is 0.977. The van der Waals surface area contributed by atoms with Gasteiger partial charge in [-0.2, -0.15) is 0 Å². The summed E-state index contributed by atoms with van der Waals surface area (Å²) in [6, 6.07) is 93.9. The molecule has 4 nitrogen and oxygen atoms in total. The van der Waals surface area contributed by atoms with Gasteiger partial charge in [0.2, 0.25) is 0 Å². The average molecular weight is 1170 g/mol. The molecule has 440 valence electrons. The van der Waals surface area contributed by atoms with E-state index < -0.39 is 5.60 Å². The first-order valence-electron chi connectivity index (χ1n) is 32.0. The second-order valence-electron chi connectivity index (χ2n) is 28.6. The van der Waals surface area contributed by atoms with Gasteiger partial charge in [0, 0.05) is 50.5 Å². The first-order valence-corrected chi connectivity index (χ1v) is 32.0. The summed E-state index contributed by atoms with van der Waals surface area (Å²) in [4.78, 5) is 4.69. The molecule has 4 aliphatic rings. The van der Waals surface area contributed by atoms with Crippen molar-refractivity contribution in [2.24, 2.45) is 0 Å². The monoisotopic (exact) mass is 1170 g/mol. The number of aliphatic hydroxyl groups is 1. The largest absolute Gasteiger partial charge is 0.453 e. The molecule has 16 rings (SSSR count). The van der Waals surface area contributed by atoms with Crippen molar-refractivity contribution in [1.82, 2.24) is 0 Å². The van der Waals surface area contributed by atoms with Crippen LogP contribution in [0.1, 0.15) is 142 Å². The molecule has 90 heavy (non-hydrogen) atoms. The Labute approximate surface area is 530 Å². The van der Waals surface area contributed by atoms with Gasteiger partial charge in [-0.05, 0) is 184 Å². The van der Waals surface area contributed by atoms with Crippen LogP contribution in [0.4, 0.5) is 34.1 Å². The molecule has 2 atom stereocenters. The summed E-state index contributed by atoms with van der Waals surface area (Å²) in [5.74, 6) is 1.26. The highest BCUT2D eigenvalue weighted by Crippen LogP contribution is 2.61. The summed E-state index contributed by atoms with van der Waals surface area (Å²) >= 11 is 0. The highest BCUT2D eigenvalue weighted by Gasteiger charge is 2.48. The van der Waals surface area contributed by atoms with E-state index in [2.05, 4.69) is 310 Å². The number of hydrogen-bond acceptors (Lipinski definition) is 4. The van der Waals surface area contributed by atoms with E-state index in [9.17, 15) is 0 Å². The third kappa shape index (κ3) is 8.30. The van der Waals surface area contributed by atoms with E-state index in [1.807, 2.05) is 24.3 Å². The minimum Gasteiger partial charge on any atom is -0.453 e. The molecule has 0 bridgehead atoms. The van der Waals surface area contributed by atoms with E-state index in [0.29, 0.717) is 0 Å². The number of fused-ring (bicyclic) bond motifs is 13. The van der Waals surface area contributed by atoms with Gasteiger partial charge in [0.05, 0.1) is 17.1 Å². The molecule has 3 aliphatic carbocycles. The molecule has 0 spiro atoms. The van der Waals surface area contributed by atoms with Crippen molar-refractivity contribution in [3.8, 4) is 44.9 Å². The first-order chi connectivity index (χ1) is 43.3. The van der Waals surface area contributed by atoms with Gasteiger partial charge in [-0.3, -0.25) is 0 Å². The lowest BCUT2D eigenvalue weighted by Crippen LogP contribution is -2.30. The van der Waals surface area contributed by atoms with Crippen molar-refractivity contribution in [2.75, 3.05) is 9.80 Å². The van der Waals surface area contributed by atoms with Gasteiger partial charge in [-0.25, -0.2) is 0 Å². The minimum atomic E-state index is -1.73. The number of anilines is 6. The lowest BCUT2D eigenvalue weighted by atomic mass is 9.76. The van der Waals surface area contributed by atoms with Crippen LogP contribution in [0.25, 0.3) is 44.2 Å². The maximum atomic E-state index is 15.5. The van der Waals surface area contributed by atoms with Gasteiger partial charge in [0.15, 0.2) is 11.5 Å². The standard InChI is InChI=1S/C86H74N2O2/c1-82(2,3)55-38-35-53(36-39-55)80(54-37-47-70-65(49-54)61-24-13-15-27-68(61)84(70,7)8)67-52-74-81(63-26-12-11-23-60(63)67)64-46-44-59(51-73(64)86(74,89)72-29-17-18-30-75(72)88-76-31-19-21-33-78(76)90-79-34-22-20-32-77(79)88)87(57-42-40-56(41-43-57)83(4,5)6)58-45-48-71-66(50-58)62-25-14-16-28-69(62)85(71,9)10/h11-52,80,89H,1-10H3. The molecular formula is C86H74N2O2. The van der Waals surface area contributed by atoms with Crippen molar-refractivity contribution >= 4 is 44.9 Å². The number of benzene rings is 12. The fraction of sp³-hybridized carbons (Fsp3) is 0.186. The Kier molecular flexibility index (Phi) is 12.3. The van der Waals surface area contributed by atoms with E-state index in [4.69, 9.17) is 4.74 Å². The van der Waals surface area contributed by atoms with Crippen LogP contribution in [0.5, 0.6) is 11.5 Å². The van der Waals surface area contributed by atoms with Crippen LogP contribution in [-0.2, 0) is 27.3 Å². The normalized spacial score (nSPS) is 16.4. The third-order valence-electron chi connectivity index (χ3n) is 20.5. The maximum Gasteiger partial charge on any atom is 0.151 e. The Morgan fingerprint density at radius 3 is 1.43 bits per heavy atom. The van der Waals surface area contributed by atoms with Gasteiger partial charge in [0.1, 0.15) is 5.60 Å². The van der Waals surface area contributed by atoms with E-state index in [-0.39, 0.29) is 27.6 Å². The quantitative estimate of drug-likeness (QED) is 0.154. The van der Waals surface area contributed by atoms with Crippen LogP contribution in [0.3, 0.4) is 0 Å². The van der Waals surface area contributed by atoms with Crippen molar-refractivity contribution in [3.63, 3.8) is 0 Å². The lowest BCUT2D eigenvalue weighted by Gasteiger charge is -2.37. The number of para-hydroxylation sites is 5. The summed E-state index contributed by atoms with van der Waals surface area (Å²) in [5.41, 5.74) is 24.4. The molecule has 2 unspecified atom stereocenters. The van der Waals surface area contributed by atoms with Crippen molar-refractivity contribution < 1.29 is 9.84 Å². The molecule has 12 aromatic rings. The van der Waals surface area contributed by atoms with Crippen LogP contribution in [0.15, 0.2) is 255 Å². The molecule has 0 aromatic heterocycles. The van der Waals surface area contributed by atoms with Gasteiger partial charge >= 0.3 is 0 Å². The zero-order chi connectivity index (χ0) is 61.8. The second-order valence-corrected chi connectivity index (χ2v) is 28.6. The van der Waals surface area contributed by atoms with E-state index >= 15 is 5.11 Å². The Morgan fingerprint density at radius 1 is 0.367 bits per heavy atom. The van der Waals surface area contributed by atoms with E-state index in [0.717, 1.165) is 89.8 Å². The van der Waals surface area contributed by atoms with Crippen molar-refractivity contribution in [3.05, 3.63) is 322 Å². The number of nitrogens with zero attached hydrogens (tertiary/aromatic N) is 2. The Bertz CT molecular complexity index is 4870. The molecule has 0 amide bonds. The molecule has 0 radical (unpaired) electrons. The SMILES string of the molecule is CC(C)(C)c1ccc(C(c2ccc3c(c2)-c2ccccc2C3(C)C)c2cc3c(c4ccccc24)-c2ccc(N(c4ccc(C(C)(C)C)cc4)c4ccc5c(c4)-c4ccccc4C5(C)C)cc2C3(O)c2ccccc2N2c3ccccc3Oc3ccccc32)cc1. The molecule has 0 fully saturated rings. The smallest absolute Gasteiger partial charge is 0.151 e. The maximum absolute atomic E-state index is 15.5. The van der Waals surface area contributed by atoms with Gasteiger partial charge in [0.25, 0.3) is 0 Å². The molecular weight excluding hydrogens is 1090 g/mol. The molecule has 1 aliphatic heterocycles. The van der Waals surface area contributed by atoms with E-state index in [1.165, 1.54) is 66.8 Å². The fourth-order valence-corrected chi connectivity index (χ4v) is 15.8. The molecule has 0 saturated heterocycles. The average Bonchev–Trinajstić information content (AvgIpc) is 1.52. The lowest BCUT2D eigenvalue weighted by molar-refractivity contribution is 0.131.